The van der Waals surface area contributed by atoms with Gasteiger partial charge in [-0.3, -0.25) is 0 Å². The Morgan fingerprint density at radius 3 is 0.706 bits per heavy atom. The molecule has 0 heterocycles. The Morgan fingerprint density at radius 2 is 0.569 bits per heavy atom. The summed E-state index contributed by atoms with van der Waals surface area (Å²) in [6.07, 6.45) is 21.5. The molecule has 284 valence electrons. The molecule has 0 spiro atoms. The van der Waals surface area contributed by atoms with Crippen molar-refractivity contribution in [2.45, 2.75) is 206 Å². The van der Waals surface area contributed by atoms with E-state index in [1.165, 1.54) is 122 Å². The van der Waals surface area contributed by atoms with Crippen LogP contribution in [0.1, 0.15) is 184 Å². The maximum Gasteiger partial charge on any atom is 0.172 e. The van der Waals surface area contributed by atoms with Gasteiger partial charge in [-0.2, -0.15) is 0 Å². The fraction of sp³-hybridized carbons (Fsp3) is 0.604. The van der Waals surface area contributed by atoms with Gasteiger partial charge in [0.15, 0.2) is 14.7 Å². The number of carboxylic acids is 1. The Balaban J connectivity index is 0.00000168. The highest BCUT2D eigenvalue weighted by Crippen LogP contribution is 2.45. The summed E-state index contributed by atoms with van der Waals surface area (Å²) in [5.41, 5.74) is 14.5. The molecule has 0 N–H and O–H groups in total. The highest BCUT2D eigenvalue weighted by atomic mass is 32.2. The SMILES string of the molecule is CCC(=O)[O-].CCCc1cc(CCC)c([S+](c2c(CCC)cc(CCC)cc2CCC)c2c(CCC)cc(CCC)cc2CCC)c(CCC)c1. The van der Waals surface area contributed by atoms with Crippen LogP contribution in [0.2, 0.25) is 0 Å². The van der Waals surface area contributed by atoms with Crippen molar-refractivity contribution in [3.8, 4) is 0 Å². The van der Waals surface area contributed by atoms with Gasteiger partial charge < -0.3 is 9.90 Å². The minimum absolute atomic E-state index is 0.111. The van der Waals surface area contributed by atoms with Gasteiger partial charge in [-0.25, -0.2) is 0 Å². The van der Waals surface area contributed by atoms with Crippen molar-refractivity contribution >= 4 is 16.9 Å². The average molecular weight is 715 g/mol. The monoisotopic (exact) mass is 715 g/mol. The second-order valence-electron chi connectivity index (χ2n) is 14.5. The molecule has 0 aliphatic heterocycles. The first-order valence-corrected chi connectivity index (χ1v) is 22.3. The van der Waals surface area contributed by atoms with Gasteiger partial charge in [0.2, 0.25) is 0 Å². The van der Waals surface area contributed by atoms with Crippen LogP contribution in [0.5, 0.6) is 0 Å². The van der Waals surface area contributed by atoms with Gasteiger partial charge in [-0.05, 0) is 80.9 Å². The first kappa shape index (κ1) is 44.6. The minimum Gasteiger partial charge on any atom is -0.550 e. The van der Waals surface area contributed by atoms with E-state index in [1.807, 2.05) is 0 Å². The number of carbonyl (C=O) groups excluding carboxylic acids is 1. The summed E-state index contributed by atoms with van der Waals surface area (Å²) in [4.78, 5) is 14.4. The van der Waals surface area contributed by atoms with E-state index in [0.717, 1.165) is 0 Å². The number of aryl methyl sites for hydroxylation is 9. The molecule has 0 atom stereocenters. The standard InChI is InChI=1S/C45H69S.C3H6O2/c1-10-19-34-28-37(22-13-4)43(38(29-34)23-14-5)46(44-39(24-15-6)30-35(20-11-2)31-40(44)25-16-7)45-41(26-17-8)32-36(21-12-3)33-42(45)27-18-9;1-2-3(4)5/h28-33H,10-27H2,1-9H3;2H2,1H3,(H,4,5)/q+1;/p-1. The number of hydrogen-bond donors (Lipinski definition) is 0. The van der Waals surface area contributed by atoms with Crippen LogP contribution < -0.4 is 5.11 Å². The molecule has 3 heteroatoms. The third kappa shape index (κ3) is 13.1. The maximum absolute atomic E-state index is 9.26. The molecule has 0 bridgehead atoms. The Bertz CT molecular complexity index is 1220. The zero-order valence-electron chi connectivity index (χ0n) is 34.6. The van der Waals surface area contributed by atoms with E-state index in [1.54, 1.807) is 64.8 Å². The fourth-order valence-corrected chi connectivity index (χ4v) is 10.8. The summed E-state index contributed by atoms with van der Waals surface area (Å²) >= 11 is 0. The lowest BCUT2D eigenvalue weighted by Crippen LogP contribution is -2.20. The number of rotatable bonds is 22. The van der Waals surface area contributed by atoms with Gasteiger partial charge in [0.25, 0.3) is 0 Å². The van der Waals surface area contributed by atoms with Crippen molar-refractivity contribution in [3.05, 3.63) is 86.5 Å². The smallest absolute Gasteiger partial charge is 0.172 e. The molecule has 3 aromatic rings. The van der Waals surface area contributed by atoms with Crippen molar-refractivity contribution in [2.24, 2.45) is 0 Å². The molecule has 0 saturated heterocycles. The average Bonchev–Trinajstić information content (AvgIpc) is 3.09. The number of benzene rings is 3. The van der Waals surface area contributed by atoms with Crippen molar-refractivity contribution in [2.75, 3.05) is 0 Å². The van der Waals surface area contributed by atoms with Crippen LogP contribution in [-0.4, -0.2) is 5.97 Å². The minimum atomic E-state index is -0.995. The summed E-state index contributed by atoms with van der Waals surface area (Å²) in [7, 11) is -0.129. The third-order valence-electron chi connectivity index (χ3n) is 9.54. The predicted molar refractivity (Wildman–Crippen MR) is 223 cm³/mol. The number of carbonyl (C=O) groups is 1. The van der Waals surface area contributed by atoms with Crippen molar-refractivity contribution in [3.63, 3.8) is 0 Å². The molecule has 0 radical (unpaired) electrons. The molecule has 0 amide bonds. The van der Waals surface area contributed by atoms with Gasteiger partial charge in [0.1, 0.15) is 10.9 Å². The summed E-state index contributed by atoms with van der Waals surface area (Å²) in [5.74, 6) is -0.995. The third-order valence-corrected chi connectivity index (χ3v) is 12.3. The summed E-state index contributed by atoms with van der Waals surface area (Å²) in [6.45, 7) is 22.9. The molecule has 0 aliphatic carbocycles. The molecule has 0 aromatic heterocycles. The molecular weight excluding hydrogens is 641 g/mol. The summed E-state index contributed by atoms with van der Waals surface area (Å²) < 4.78 is 0. The summed E-state index contributed by atoms with van der Waals surface area (Å²) in [6, 6.07) is 15.9. The second kappa shape index (κ2) is 24.7. The van der Waals surface area contributed by atoms with Crippen molar-refractivity contribution in [1.29, 1.82) is 0 Å². The Morgan fingerprint density at radius 1 is 0.392 bits per heavy atom. The highest BCUT2D eigenvalue weighted by molar-refractivity contribution is 7.97. The number of hydrogen-bond acceptors (Lipinski definition) is 2. The predicted octanol–water partition coefficient (Wildman–Crippen LogP) is 12.5. The van der Waals surface area contributed by atoms with E-state index < -0.39 is 5.97 Å². The topological polar surface area (TPSA) is 40.1 Å². The highest BCUT2D eigenvalue weighted by Gasteiger charge is 2.41. The van der Waals surface area contributed by atoms with Crippen LogP contribution in [-0.2, 0) is 73.5 Å². The normalized spacial score (nSPS) is 11.2. The molecule has 2 nitrogen and oxygen atoms in total. The molecule has 3 aromatic carbocycles. The van der Waals surface area contributed by atoms with E-state index in [-0.39, 0.29) is 17.3 Å². The lowest BCUT2D eigenvalue weighted by molar-refractivity contribution is -0.305. The summed E-state index contributed by atoms with van der Waals surface area (Å²) in [5, 5.41) is 9.26. The van der Waals surface area contributed by atoms with Crippen LogP contribution in [0.4, 0.5) is 0 Å². The van der Waals surface area contributed by atoms with E-state index in [4.69, 9.17) is 0 Å². The van der Waals surface area contributed by atoms with Crippen LogP contribution in [0, 0.1) is 0 Å². The largest absolute Gasteiger partial charge is 0.550 e. The first-order chi connectivity index (χ1) is 24.7. The van der Waals surface area contributed by atoms with Crippen LogP contribution in [0.25, 0.3) is 0 Å². The van der Waals surface area contributed by atoms with Crippen LogP contribution in [0.15, 0.2) is 51.1 Å². The lowest BCUT2D eigenvalue weighted by Gasteiger charge is -2.25. The van der Waals surface area contributed by atoms with E-state index in [9.17, 15) is 9.90 Å². The molecule has 3 rings (SSSR count). The van der Waals surface area contributed by atoms with Crippen LogP contribution in [0.3, 0.4) is 0 Å². The van der Waals surface area contributed by atoms with Gasteiger partial charge in [0, 0.05) is 39.4 Å². The Hall–Kier alpha value is -2.52. The van der Waals surface area contributed by atoms with E-state index in [2.05, 4.69) is 98.7 Å². The molecule has 0 fully saturated rings. The number of carboxylic acid groups (broad SMARTS) is 1. The molecule has 0 aliphatic rings. The molecular formula is C48H74O2S. The second-order valence-corrected chi connectivity index (χ2v) is 16.3. The fourth-order valence-electron chi connectivity index (χ4n) is 7.60. The van der Waals surface area contributed by atoms with Crippen molar-refractivity contribution < 1.29 is 9.90 Å². The van der Waals surface area contributed by atoms with Gasteiger partial charge >= 0.3 is 0 Å². The Kier molecular flexibility index (Phi) is 21.6. The van der Waals surface area contributed by atoms with E-state index >= 15 is 0 Å². The molecule has 51 heavy (non-hydrogen) atoms. The first-order valence-electron chi connectivity index (χ1n) is 21.1. The van der Waals surface area contributed by atoms with Crippen molar-refractivity contribution in [1.82, 2.24) is 0 Å². The quantitative estimate of drug-likeness (QED) is 0.0972. The van der Waals surface area contributed by atoms with E-state index in [0.29, 0.717) is 0 Å². The van der Waals surface area contributed by atoms with Gasteiger partial charge in [0.05, 0.1) is 0 Å². The molecule has 0 unspecified atom stereocenters. The zero-order chi connectivity index (χ0) is 37.8. The zero-order valence-corrected chi connectivity index (χ0v) is 35.4. The number of aliphatic carboxylic acids is 1. The molecule has 0 saturated carbocycles. The maximum atomic E-state index is 9.26. The van der Waals surface area contributed by atoms with Crippen LogP contribution >= 0.6 is 0 Å². The van der Waals surface area contributed by atoms with Gasteiger partial charge in [-0.15, -0.1) is 0 Å². The lowest BCUT2D eigenvalue weighted by atomic mass is 9.97. The Labute approximate surface area is 318 Å². The van der Waals surface area contributed by atoms with Gasteiger partial charge in [-0.1, -0.05) is 163 Å².